The number of nitrogens with zero attached hydrogens (tertiary/aromatic N) is 2. The van der Waals surface area contributed by atoms with Gasteiger partial charge in [0, 0.05) is 7.11 Å². The Morgan fingerprint density at radius 2 is 2.38 bits per heavy atom. The van der Waals surface area contributed by atoms with Gasteiger partial charge in [-0.25, -0.2) is 0 Å². The lowest BCUT2D eigenvalue weighted by Crippen LogP contribution is -2.41. The summed E-state index contributed by atoms with van der Waals surface area (Å²) in [5.41, 5.74) is 5.27. The predicted molar refractivity (Wildman–Crippen MR) is 46.0 cm³/mol. The zero-order valence-corrected chi connectivity index (χ0v) is 7.62. The molecule has 0 unspecified atom stereocenters. The number of hydrogen-bond acceptors (Lipinski definition) is 5. The van der Waals surface area contributed by atoms with Gasteiger partial charge in [-0.2, -0.15) is 4.98 Å². The highest BCUT2D eigenvalue weighted by atomic mass is 16.5. The van der Waals surface area contributed by atoms with E-state index in [1.54, 1.807) is 7.11 Å². The summed E-state index contributed by atoms with van der Waals surface area (Å²) in [6.07, 6.45) is 4.00. The molecule has 0 amide bonds. The SMILES string of the molecule is COC1(Cc2nc(N)no2)CCC1. The standard InChI is InChI=1S/C8H13N3O2/c1-12-8(3-2-4-8)5-6-10-7(9)11-13-6/h2-5H2,1H3,(H2,9,11). The van der Waals surface area contributed by atoms with Gasteiger partial charge in [0.1, 0.15) is 0 Å². The highest BCUT2D eigenvalue weighted by Gasteiger charge is 2.38. The molecule has 0 radical (unpaired) electrons. The molecule has 0 bridgehead atoms. The number of anilines is 1. The van der Waals surface area contributed by atoms with Gasteiger partial charge in [-0.1, -0.05) is 0 Å². The maximum absolute atomic E-state index is 5.42. The van der Waals surface area contributed by atoms with Crippen molar-refractivity contribution < 1.29 is 9.26 Å². The van der Waals surface area contributed by atoms with Gasteiger partial charge in [-0.3, -0.25) is 0 Å². The number of nitrogen functional groups attached to an aromatic ring is 1. The van der Waals surface area contributed by atoms with E-state index < -0.39 is 0 Å². The van der Waals surface area contributed by atoms with Crippen LogP contribution in [0.2, 0.25) is 0 Å². The van der Waals surface area contributed by atoms with Crippen molar-refractivity contribution in [3.63, 3.8) is 0 Å². The Kier molecular flexibility index (Phi) is 1.95. The molecule has 1 heterocycles. The summed E-state index contributed by atoms with van der Waals surface area (Å²) in [4.78, 5) is 3.95. The van der Waals surface area contributed by atoms with E-state index >= 15 is 0 Å². The van der Waals surface area contributed by atoms with Crippen molar-refractivity contribution in [3.05, 3.63) is 5.89 Å². The van der Waals surface area contributed by atoms with Gasteiger partial charge in [0.05, 0.1) is 12.0 Å². The second-order valence-electron chi connectivity index (χ2n) is 3.46. The van der Waals surface area contributed by atoms with Crippen LogP contribution >= 0.6 is 0 Å². The summed E-state index contributed by atoms with van der Waals surface area (Å²) >= 11 is 0. The summed E-state index contributed by atoms with van der Waals surface area (Å²) in [7, 11) is 1.72. The number of ether oxygens (including phenoxy) is 1. The van der Waals surface area contributed by atoms with Crippen LogP contribution in [-0.4, -0.2) is 22.9 Å². The summed E-state index contributed by atoms with van der Waals surface area (Å²) in [6.45, 7) is 0. The van der Waals surface area contributed by atoms with Crippen LogP contribution < -0.4 is 5.73 Å². The molecule has 0 aromatic carbocycles. The van der Waals surface area contributed by atoms with Crippen molar-refractivity contribution in [1.29, 1.82) is 0 Å². The Balaban J connectivity index is 2.04. The highest BCUT2D eigenvalue weighted by Crippen LogP contribution is 2.37. The number of methoxy groups -OCH3 is 1. The topological polar surface area (TPSA) is 74.2 Å². The van der Waals surface area contributed by atoms with E-state index in [1.807, 2.05) is 0 Å². The molecule has 0 saturated heterocycles. The van der Waals surface area contributed by atoms with Crippen molar-refractivity contribution in [2.75, 3.05) is 12.8 Å². The van der Waals surface area contributed by atoms with Gasteiger partial charge in [-0.15, -0.1) is 0 Å². The molecule has 1 aliphatic rings. The minimum atomic E-state index is -0.0705. The minimum absolute atomic E-state index is 0.0705. The van der Waals surface area contributed by atoms with Crippen molar-refractivity contribution in [2.45, 2.75) is 31.3 Å². The summed E-state index contributed by atoms with van der Waals surface area (Å²) < 4.78 is 10.3. The molecule has 1 aromatic heterocycles. The summed E-state index contributed by atoms with van der Waals surface area (Å²) in [5.74, 6) is 0.764. The molecule has 5 nitrogen and oxygen atoms in total. The first-order valence-corrected chi connectivity index (χ1v) is 4.37. The fourth-order valence-electron chi connectivity index (χ4n) is 1.64. The first kappa shape index (κ1) is 8.50. The number of nitrogens with two attached hydrogens (primary N) is 1. The molecule has 5 heteroatoms. The Labute approximate surface area is 76.3 Å². The molecule has 0 atom stereocenters. The van der Waals surface area contributed by atoms with Crippen molar-refractivity contribution >= 4 is 5.95 Å². The molecule has 13 heavy (non-hydrogen) atoms. The fraction of sp³-hybridized carbons (Fsp3) is 0.750. The van der Waals surface area contributed by atoms with Crippen molar-refractivity contribution in [1.82, 2.24) is 10.1 Å². The molecular weight excluding hydrogens is 170 g/mol. The smallest absolute Gasteiger partial charge is 0.260 e. The van der Waals surface area contributed by atoms with Gasteiger partial charge < -0.3 is 15.0 Å². The van der Waals surface area contributed by atoms with Gasteiger partial charge in [0.2, 0.25) is 5.89 Å². The van der Waals surface area contributed by atoms with E-state index in [0.29, 0.717) is 12.3 Å². The van der Waals surface area contributed by atoms with Gasteiger partial charge >= 0.3 is 0 Å². The van der Waals surface area contributed by atoms with Gasteiger partial charge in [-0.05, 0) is 24.4 Å². The minimum Gasteiger partial charge on any atom is -0.378 e. The summed E-state index contributed by atoms with van der Waals surface area (Å²) in [5, 5.41) is 3.53. The van der Waals surface area contributed by atoms with Crippen LogP contribution in [0.4, 0.5) is 5.95 Å². The highest BCUT2D eigenvalue weighted by molar-refractivity contribution is 5.12. The second-order valence-corrected chi connectivity index (χ2v) is 3.46. The third-order valence-corrected chi connectivity index (χ3v) is 2.65. The van der Waals surface area contributed by atoms with Gasteiger partial charge in [0.25, 0.3) is 5.95 Å². The zero-order valence-electron chi connectivity index (χ0n) is 7.62. The van der Waals surface area contributed by atoms with Crippen LogP contribution in [0, 0.1) is 0 Å². The third kappa shape index (κ3) is 1.51. The number of hydrogen-bond donors (Lipinski definition) is 1. The lowest BCUT2D eigenvalue weighted by Gasteiger charge is -2.39. The molecule has 0 spiro atoms. The molecule has 0 aliphatic heterocycles. The number of aromatic nitrogens is 2. The van der Waals surface area contributed by atoms with Crippen molar-refractivity contribution in [2.24, 2.45) is 0 Å². The van der Waals surface area contributed by atoms with Crippen LogP contribution in [0.5, 0.6) is 0 Å². The van der Waals surface area contributed by atoms with E-state index in [1.165, 1.54) is 6.42 Å². The Bertz CT molecular complexity index is 288. The normalized spacial score (nSPS) is 19.8. The average Bonchev–Trinajstić information content (AvgIpc) is 2.44. The second kappa shape index (κ2) is 2.99. The maximum Gasteiger partial charge on any atom is 0.260 e. The van der Waals surface area contributed by atoms with Crippen LogP contribution in [0.1, 0.15) is 25.2 Å². The first-order chi connectivity index (χ1) is 6.24. The fourth-order valence-corrected chi connectivity index (χ4v) is 1.64. The summed E-state index contributed by atoms with van der Waals surface area (Å²) in [6, 6.07) is 0. The molecule has 2 rings (SSSR count). The van der Waals surface area contributed by atoms with E-state index in [2.05, 4.69) is 10.1 Å². The number of rotatable bonds is 3. The maximum atomic E-state index is 5.42. The van der Waals surface area contributed by atoms with Crippen LogP contribution in [0.15, 0.2) is 4.52 Å². The van der Waals surface area contributed by atoms with Crippen LogP contribution in [-0.2, 0) is 11.2 Å². The van der Waals surface area contributed by atoms with Crippen LogP contribution in [0.3, 0.4) is 0 Å². The predicted octanol–water partition coefficient (Wildman–Crippen LogP) is 0.763. The van der Waals surface area contributed by atoms with E-state index in [4.69, 9.17) is 15.0 Å². The molecule has 2 N–H and O–H groups in total. The molecule has 1 fully saturated rings. The quantitative estimate of drug-likeness (QED) is 0.748. The molecule has 1 aromatic rings. The molecule has 72 valence electrons. The largest absolute Gasteiger partial charge is 0.378 e. The molecule has 1 aliphatic carbocycles. The zero-order chi connectivity index (χ0) is 9.31. The monoisotopic (exact) mass is 183 g/mol. The molecular formula is C8H13N3O2. The third-order valence-electron chi connectivity index (χ3n) is 2.65. The Hall–Kier alpha value is -1.10. The molecule has 1 saturated carbocycles. The van der Waals surface area contributed by atoms with E-state index in [-0.39, 0.29) is 11.5 Å². The van der Waals surface area contributed by atoms with E-state index in [9.17, 15) is 0 Å². The van der Waals surface area contributed by atoms with E-state index in [0.717, 1.165) is 12.8 Å². The van der Waals surface area contributed by atoms with Crippen molar-refractivity contribution in [3.8, 4) is 0 Å². The Morgan fingerprint density at radius 1 is 1.62 bits per heavy atom. The lowest BCUT2D eigenvalue weighted by atomic mass is 9.77. The van der Waals surface area contributed by atoms with Crippen LogP contribution in [0.25, 0.3) is 0 Å². The Morgan fingerprint density at radius 3 is 2.77 bits per heavy atom. The first-order valence-electron chi connectivity index (χ1n) is 4.37. The van der Waals surface area contributed by atoms with Gasteiger partial charge in [0.15, 0.2) is 0 Å². The lowest BCUT2D eigenvalue weighted by molar-refractivity contribution is -0.0751. The average molecular weight is 183 g/mol.